The number of fused-ring (bicyclic) bond motifs is 2. The van der Waals surface area contributed by atoms with Crippen LogP contribution < -0.4 is 10.6 Å². The molecule has 2 heterocycles. The first-order valence-corrected chi connectivity index (χ1v) is 11.5. The molecule has 2 aliphatic heterocycles. The topological polar surface area (TPSA) is 91.0 Å². The molecule has 8 nitrogen and oxygen atoms in total. The van der Waals surface area contributed by atoms with Gasteiger partial charge in [0.05, 0.1) is 19.3 Å². The van der Waals surface area contributed by atoms with Gasteiger partial charge in [-0.3, -0.25) is 19.4 Å². The number of rotatable bonds is 6. The number of carbonyl (C=O) groups excluding carboxylic acids is 3. The second kappa shape index (κ2) is 9.15. The average Bonchev–Trinajstić information content (AvgIpc) is 3.34. The largest absolute Gasteiger partial charge is 0.379 e. The lowest BCUT2D eigenvalue weighted by Crippen LogP contribution is -2.47. The van der Waals surface area contributed by atoms with E-state index in [1.54, 1.807) is 12.1 Å². The van der Waals surface area contributed by atoms with E-state index in [1.807, 2.05) is 24.3 Å². The summed E-state index contributed by atoms with van der Waals surface area (Å²) in [4.78, 5) is 42.0. The van der Waals surface area contributed by atoms with Gasteiger partial charge in [0.1, 0.15) is 17.9 Å². The van der Waals surface area contributed by atoms with Crippen LogP contribution >= 0.6 is 0 Å². The van der Waals surface area contributed by atoms with Crippen LogP contribution in [0, 0.1) is 5.82 Å². The normalized spacial score (nSPS) is 23.1. The van der Waals surface area contributed by atoms with Crippen LogP contribution in [0.4, 0.5) is 9.18 Å². The van der Waals surface area contributed by atoms with Crippen molar-refractivity contribution >= 4 is 17.8 Å². The average molecular weight is 467 g/mol. The zero-order valence-corrected chi connectivity index (χ0v) is 18.8. The first-order valence-electron chi connectivity index (χ1n) is 11.5. The van der Waals surface area contributed by atoms with E-state index in [1.165, 1.54) is 12.1 Å². The number of hydrogen-bond acceptors (Lipinski definition) is 5. The summed E-state index contributed by atoms with van der Waals surface area (Å²) < 4.78 is 18.9. The summed E-state index contributed by atoms with van der Waals surface area (Å²) in [6.45, 7) is 2.45. The predicted molar refractivity (Wildman–Crippen MR) is 121 cm³/mol. The van der Waals surface area contributed by atoms with Crippen molar-refractivity contribution in [2.24, 2.45) is 0 Å². The number of aryl methyl sites for hydroxylation is 1. The van der Waals surface area contributed by atoms with Gasteiger partial charge in [0.2, 0.25) is 5.91 Å². The molecular formula is C25H27FN4O4. The highest BCUT2D eigenvalue weighted by Gasteiger charge is 2.55. The van der Waals surface area contributed by atoms with Crippen LogP contribution in [0.15, 0.2) is 48.5 Å². The lowest BCUT2D eigenvalue weighted by molar-refractivity contribution is -0.135. The lowest BCUT2D eigenvalue weighted by Gasteiger charge is -2.35. The van der Waals surface area contributed by atoms with Gasteiger partial charge in [0.25, 0.3) is 5.91 Å². The monoisotopic (exact) mass is 466 g/mol. The van der Waals surface area contributed by atoms with Gasteiger partial charge >= 0.3 is 6.03 Å². The molecule has 0 aromatic heterocycles. The number of nitrogens with zero attached hydrogens (tertiary/aromatic N) is 2. The minimum Gasteiger partial charge on any atom is -0.379 e. The van der Waals surface area contributed by atoms with Gasteiger partial charge in [-0.1, -0.05) is 36.4 Å². The van der Waals surface area contributed by atoms with E-state index in [2.05, 4.69) is 15.5 Å². The molecule has 2 unspecified atom stereocenters. The summed E-state index contributed by atoms with van der Waals surface area (Å²) in [5.41, 5.74) is 1.63. The number of halogens is 1. The summed E-state index contributed by atoms with van der Waals surface area (Å²) in [6, 6.07) is 13.1. The fourth-order valence-electron chi connectivity index (χ4n) is 5.18. The van der Waals surface area contributed by atoms with Gasteiger partial charge in [-0.25, -0.2) is 9.18 Å². The number of carbonyl (C=O) groups is 3. The Kier molecular flexibility index (Phi) is 6.05. The number of morpholine rings is 1. The summed E-state index contributed by atoms with van der Waals surface area (Å²) in [5.74, 6) is -1.14. The molecule has 0 radical (unpaired) electrons. The first-order chi connectivity index (χ1) is 16.5. The maximum Gasteiger partial charge on any atom is 0.325 e. The van der Waals surface area contributed by atoms with Gasteiger partial charge in [0, 0.05) is 19.6 Å². The SMILES string of the molecule is O=C(CN1C(=O)NC2(CCc3ccccc32)C1=O)NCC(c1ccc(F)cc1)N1CCOCC1. The minimum atomic E-state index is -1.08. The molecule has 178 valence electrons. The van der Waals surface area contributed by atoms with Crippen LogP contribution in [0.2, 0.25) is 0 Å². The molecule has 1 aliphatic carbocycles. The molecule has 2 saturated heterocycles. The summed E-state index contributed by atoms with van der Waals surface area (Å²) >= 11 is 0. The molecule has 5 rings (SSSR count). The Labute approximate surface area is 197 Å². The van der Waals surface area contributed by atoms with E-state index < -0.39 is 17.5 Å². The molecule has 2 aromatic carbocycles. The van der Waals surface area contributed by atoms with Crippen LogP contribution in [-0.2, 0) is 26.3 Å². The predicted octanol–water partition coefficient (Wildman–Crippen LogP) is 1.71. The Morgan fingerprint density at radius 1 is 1.12 bits per heavy atom. The second-order valence-electron chi connectivity index (χ2n) is 8.90. The van der Waals surface area contributed by atoms with Gasteiger partial charge in [-0.15, -0.1) is 0 Å². The number of ether oxygens (including phenoxy) is 1. The standard InChI is InChI=1S/C25H27FN4O4/c26-19-7-5-18(6-8-19)21(29-11-13-34-14-12-29)15-27-22(31)16-30-23(32)25(28-24(30)33)10-9-17-3-1-2-4-20(17)25/h1-8,21H,9-16H2,(H,27,31)(H,28,33). The van der Waals surface area contributed by atoms with Crippen molar-refractivity contribution in [1.82, 2.24) is 20.4 Å². The van der Waals surface area contributed by atoms with Crippen molar-refractivity contribution in [1.29, 1.82) is 0 Å². The molecule has 3 aliphatic rings. The Hall–Kier alpha value is -3.30. The fraction of sp³-hybridized carbons (Fsp3) is 0.400. The Morgan fingerprint density at radius 3 is 2.62 bits per heavy atom. The van der Waals surface area contributed by atoms with E-state index in [0.717, 1.165) is 21.6 Å². The highest BCUT2D eigenvalue weighted by Crippen LogP contribution is 2.41. The van der Waals surface area contributed by atoms with Crippen LogP contribution in [0.5, 0.6) is 0 Å². The second-order valence-corrected chi connectivity index (χ2v) is 8.90. The summed E-state index contributed by atoms with van der Waals surface area (Å²) in [6.07, 6.45) is 1.18. The van der Waals surface area contributed by atoms with E-state index in [-0.39, 0.29) is 30.9 Å². The minimum absolute atomic E-state index is 0.176. The van der Waals surface area contributed by atoms with Crippen molar-refractivity contribution in [3.63, 3.8) is 0 Å². The van der Waals surface area contributed by atoms with Gasteiger partial charge in [0.15, 0.2) is 0 Å². The smallest absolute Gasteiger partial charge is 0.325 e. The zero-order valence-electron chi connectivity index (χ0n) is 18.8. The van der Waals surface area contributed by atoms with Crippen LogP contribution in [0.25, 0.3) is 0 Å². The molecule has 4 amide bonds. The van der Waals surface area contributed by atoms with Crippen molar-refractivity contribution in [2.45, 2.75) is 24.4 Å². The highest BCUT2D eigenvalue weighted by molar-refractivity contribution is 6.09. The lowest BCUT2D eigenvalue weighted by atomic mass is 9.92. The van der Waals surface area contributed by atoms with Gasteiger partial charge in [-0.05, 0) is 41.7 Å². The summed E-state index contributed by atoms with van der Waals surface area (Å²) in [7, 11) is 0. The molecule has 2 N–H and O–H groups in total. The zero-order chi connectivity index (χ0) is 23.7. The molecule has 1 spiro atoms. The fourth-order valence-corrected chi connectivity index (χ4v) is 5.18. The summed E-state index contributed by atoms with van der Waals surface area (Å²) in [5, 5.41) is 5.71. The molecule has 0 bridgehead atoms. The maximum absolute atomic E-state index is 13.4. The number of amides is 4. The number of urea groups is 1. The number of nitrogens with one attached hydrogen (secondary N) is 2. The van der Waals surface area contributed by atoms with Crippen LogP contribution in [-0.4, -0.2) is 67.0 Å². The maximum atomic E-state index is 13.4. The Balaban J connectivity index is 1.26. The number of imide groups is 1. The third kappa shape index (κ3) is 4.05. The van der Waals surface area contributed by atoms with Gasteiger partial charge < -0.3 is 15.4 Å². The van der Waals surface area contributed by atoms with Crippen molar-refractivity contribution in [3.05, 3.63) is 71.0 Å². The van der Waals surface area contributed by atoms with E-state index in [4.69, 9.17) is 4.74 Å². The third-order valence-electron chi connectivity index (χ3n) is 6.96. The van der Waals surface area contributed by atoms with Gasteiger partial charge in [-0.2, -0.15) is 0 Å². The van der Waals surface area contributed by atoms with E-state index in [9.17, 15) is 18.8 Å². The van der Waals surface area contributed by atoms with E-state index >= 15 is 0 Å². The molecule has 2 aromatic rings. The number of benzene rings is 2. The molecular weight excluding hydrogens is 439 g/mol. The Morgan fingerprint density at radius 2 is 1.85 bits per heavy atom. The van der Waals surface area contributed by atoms with Crippen molar-refractivity contribution < 1.29 is 23.5 Å². The first kappa shape index (κ1) is 22.5. The van der Waals surface area contributed by atoms with Crippen LogP contribution in [0.3, 0.4) is 0 Å². The molecule has 2 fully saturated rings. The van der Waals surface area contributed by atoms with Crippen LogP contribution in [0.1, 0.15) is 29.2 Å². The molecule has 9 heteroatoms. The molecule has 0 saturated carbocycles. The third-order valence-corrected chi connectivity index (χ3v) is 6.96. The molecule has 2 atom stereocenters. The quantitative estimate of drug-likeness (QED) is 0.633. The molecule has 34 heavy (non-hydrogen) atoms. The van der Waals surface area contributed by atoms with Crippen molar-refractivity contribution in [3.8, 4) is 0 Å². The number of hydrogen-bond donors (Lipinski definition) is 2. The Bertz CT molecular complexity index is 1100. The van der Waals surface area contributed by atoms with Crippen molar-refractivity contribution in [2.75, 3.05) is 39.4 Å². The van der Waals surface area contributed by atoms with E-state index in [0.29, 0.717) is 39.1 Å². The highest BCUT2D eigenvalue weighted by atomic mass is 19.1.